The predicted molar refractivity (Wildman–Crippen MR) is 45.8 cm³/mol. The van der Waals surface area contributed by atoms with Crippen molar-refractivity contribution in [3.8, 4) is 0 Å². The highest BCUT2D eigenvalue weighted by Gasteiger charge is 1.94. The molecule has 1 fully saturated rings. The fraction of sp³-hybridized carbons (Fsp3) is 1.00. The van der Waals surface area contributed by atoms with Crippen LogP contribution in [0.1, 0.15) is 26.7 Å². The summed E-state index contributed by atoms with van der Waals surface area (Å²) in [6.45, 7) is 4.25. The average Bonchev–Trinajstić information content (AvgIpc) is 1.27. The lowest BCUT2D eigenvalue weighted by Gasteiger charge is -2.06. The molecular weight excluding hydrogens is 114 g/mol. The molecule has 0 spiro atoms. The Bertz CT molecular complexity index is 23.7. The van der Waals surface area contributed by atoms with E-state index in [-0.39, 0.29) is 8.41 Å². The molecule has 0 N–H and O–H groups in total. The smallest absolute Gasteiger partial charge is 0.0379 e. The van der Waals surface area contributed by atoms with E-state index in [4.69, 9.17) is 0 Å². The largest absolute Gasteiger partial charge is 0.122 e. The van der Waals surface area contributed by atoms with Crippen molar-refractivity contribution in [2.45, 2.75) is 26.7 Å². The Kier molecular flexibility index (Phi) is 14.8. The van der Waals surface area contributed by atoms with E-state index in [0.717, 1.165) is 0 Å². The molecule has 0 saturated carbocycles. The van der Waals surface area contributed by atoms with Crippen LogP contribution in [-0.2, 0) is 0 Å². The molecule has 2 heteroatoms. The van der Waals surface area contributed by atoms with Crippen molar-refractivity contribution >= 4 is 17.0 Å². The Morgan fingerprint density at radius 3 is 1.38 bits per heavy atom. The first kappa shape index (κ1) is 11.3. The molecule has 0 nitrogen and oxygen atoms in total. The van der Waals surface area contributed by atoms with Gasteiger partial charge < -0.3 is 0 Å². The van der Waals surface area contributed by atoms with Crippen molar-refractivity contribution in [1.82, 2.24) is 0 Å². The quantitative estimate of drug-likeness (QED) is 0.346. The van der Waals surface area contributed by atoms with Crippen LogP contribution in [-0.4, -0.2) is 20.7 Å². The Morgan fingerprint density at radius 1 is 1.25 bits per heavy atom. The van der Waals surface area contributed by atoms with Crippen LogP contribution < -0.4 is 0 Å². The van der Waals surface area contributed by atoms with Gasteiger partial charge in [-0.25, -0.2) is 0 Å². The molecular formula is C6H16BP. The third kappa shape index (κ3) is 9.71. The molecule has 2 radical (unpaired) electrons. The summed E-state index contributed by atoms with van der Waals surface area (Å²) >= 11 is 0. The van der Waals surface area contributed by atoms with Crippen LogP contribution in [0.25, 0.3) is 0 Å². The molecule has 0 aromatic rings. The highest BCUT2D eigenvalue weighted by Crippen LogP contribution is 2.23. The molecule has 48 valence electrons. The highest BCUT2D eigenvalue weighted by atomic mass is 31.1. The second kappa shape index (κ2) is 10.5. The molecule has 0 aliphatic carbocycles. The van der Waals surface area contributed by atoms with Crippen LogP contribution in [0.15, 0.2) is 0 Å². The van der Waals surface area contributed by atoms with Crippen molar-refractivity contribution in [2.75, 3.05) is 12.3 Å². The molecule has 0 bridgehead atoms. The van der Waals surface area contributed by atoms with Crippen LogP contribution in [0, 0.1) is 0 Å². The molecule has 0 unspecified atom stereocenters. The summed E-state index contributed by atoms with van der Waals surface area (Å²) in [5, 5.41) is 0. The summed E-state index contributed by atoms with van der Waals surface area (Å²) < 4.78 is 0. The van der Waals surface area contributed by atoms with Gasteiger partial charge in [-0.3, -0.25) is 0 Å². The third-order valence-electron chi connectivity index (χ3n) is 0.707. The monoisotopic (exact) mass is 130 g/mol. The van der Waals surface area contributed by atoms with E-state index >= 15 is 0 Å². The Morgan fingerprint density at radius 2 is 1.38 bits per heavy atom. The van der Waals surface area contributed by atoms with Gasteiger partial charge in [0.25, 0.3) is 0 Å². The Labute approximate surface area is 56.8 Å². The lowest BCUT2D eigenvalue weighted by molar-refractivity contribution is 1.04. The molecule has 0 aromatic carbocycles. The van der Waals surface area contributed by atoms with Crippen molar-refractivity contribution < 1.29 is 0 Å². The van der Waals surface area contributed by atoms with Gasteiger partial charge in [-0.2, -0.15) is 0 Å². The first-order chi connectivity index (χ1) is 3.41. The summed E-state index contributed by atoms with van der Waals surface area (Å²) in [4.78, 5) is 0. The minimum absolute atomic E-state index is 0. The fourth-order valence-corrected chi connectivity index (χ4v) is 0.530. The summed E-state index contributed by atoms with van der Waals surface area (Å²) in [6, 6.07) is 0. The summed E-state index contributed by atoms with van der Waals surface area (Å²) in [7, 11) is 1.32. The first-order valence-corrected chi connectivity index (χ1v) is 4.54. The SMILES string of the molecule is C1CPC1.CCC.[BH]. The lowest BCUT2D eigenvalue weighted by atomic mass is 10.5. The number of hydrogen-bond acceptors (Lipinski definition) is 0. The molecule has 1 heterocycles. The molecule has 0 aromatic heterocycles. The molecule has 1 saturated heterocycles. The topological polar surface area (TPSA) is 0 Å². The summed E-state index contributed by atoms with van der Waals surface area (Å²) in [6.07, 6.45) is 5.82. The van der Waals surface area contributed by atoms with E-state index < -0.39 is 0 Å². The van der Waals surface area contributed by atoms with Crippen LogP contribution >= 0.6 is 8.58 Å². The maximum atomic E-state index is 2.12. The van der Waals surface area contributed by atoms with Crippen molar-refractivity contribution in [1.29, 1.82) is 0 Å². The summed E-state index contributed by atoms with van der Waals surface area (Å²) in [5.74, 6) is 0. The van der Waals surface area contributed by atoms with E-state index in [1.165, 1.54) is 33.7 Å². The lowest BCUT2D eigenvalue weighted by Crippen LogP contribution is -1.90. The Balaban J connectivity index is 0. The molecule has 8 heavy (non-hydrogen) atoms. The van der Waals surface area contributed by atoms with Crippen molar-refractivity contribution in [2.24, 2.45) is 0 Å². The molecule has 1 aliphatic heterocycles. The molecule has 0 atom stereocenters. The van der Waals surface area contributed by atoms with Gasteiger partial charge in [0.15, 0.2) is 0 Å². The summed E-state index contributed by atoms with van der Waals surface area (Å²) in [5.41, 5.74) is 0. The molecule has 0 amide bonds. The normalized spacial score (nSPS) is 14.2. The van der Waals surface area contributed by atoms with E-state index in [0.29, 0.717) is 0 Å². The van der Waals surface area contributed by atoms with Gasteiger partial charge in [0.2, 0.25) is 0 Å². The zero-order valence-electron chi connectivity index (χ0n) is 6.04. The van der Waals surface area contributed by atoms with Gasteiger partial charge in [0, 0.05) is 8.41 Å². The third-order valence-corrected chi connectivity index (χ3v) is 2.12. The average molecular weight is 130 g/mol. The molecule has 1 rings (SSSR count). The first-order valence-electron chi connectivity index (χ1n) is 3.12. The van der Waals surface area contributed by atoms with Gasteiger partial charge >= 0.3 is 0 Å². The van der Waals surface area contributed by atoms with Gasteiger partial charge in [0.1, 0.15) is 0 Å². The number of hydrogen-bond donors (Lipinski definition) is 0. The minimum atomic E-state index is 0. The zero-order chi connectivity index (χ0) is 5.54. The van der Waals surface area contributed by atoms with E-state index in [9.17, 15) is 0 Å². The van der Waals surface area contributed by atoms with Crippen LogP contribution in [0.3, 0.4) is 0 Å². The van der Waals surface area contributed by atoms with Crippen LogP contribution in [0.5, 0.6) is 0 Å². The fourth-order valence-electron chi connectivity index (χ4n) is 0.177. The van der Waals surface area contributed by atoms with Crippen LogP contribution in [0.4, 0.5) is 0 Å². The highest BCUT2D eigenvalue weighted by molar-refractivity contribution is 7.39. The minimum Gasteiger partial charge on any atom is -0.122 e. The number of rotatable bonds is 0. The zero-order valence-corrected chi connectivity index (χ0v) is 7.04. The van der Waals surface area contributed by atoms with E-state index in [1.54, 1.807) is 0 Å². The van der Waals surface area contributed by atoms with Gasteiger partial charge in [0.05, 0.1) is 0 Å². The van der Waals surface area contributed by atoms with E-state index in [2.05, 4.69) is 13.8 Å². The van der Waals surface area contributed by atoms with Gasteiger partial charge in [-0.05, 0) is 18.7 Å². The van der Waals surface area contributed by atoms with Gasteiger partial charge in [-0.1, -0.05) is 20.3 Å². The standard InChI is InChI=1S/C3H7P.C3H8.BH/c1-2-4-3-1;1-3-2;/h4H,1-3H2;3H2,1-2H3;1H. The van der Waals surface area contributed by atoms with Gasteiger partial charge in [-0.15, -0.1) is 8.58 Å². The van der Waals surface area contributed by atoms with Crippen LogP contribution in [0.2, 0.25) is 0 Å². The van der Waals surface area contributed by atoms with Crippen molar-refractivity contribution in [3.05, 3.63) is 0 Å². The molecule has 1 aliphatic rings. The maximum Gasteiger partial charge on any atom is 0.0379 e. The van der Waals surface area contributed by atoms with E-state index in [1.807, 2.05) is 0 Å². The predicted octanol–water partition coefficient (Wildman–Crippen LogP) is 1.84. The second-order valence-corrected chi connectivity index (χ2v) is 3.31. The van der Waals surface area contributed by atoms with Crippen molar-refractivity contribution in [3.63, 3.8) is 0 Å². The maximum absolute atomic E-state index is 2.12. The second-order valence-electron chi connectivity index (χ2n) is 1.81. The Hall–Kier alpha value is 0.495.